The van der Waals surface area contributed by atoms with E-state index in [1.807, 2.05) is 0 Å². The van der Waals surface area contributed by atoms with Crippen molar-refractivity contribution >= 4 is 24.3 Å². The number of isocyanates is 2. The minimum absolute atomic E-state index is 0. The van der Waals surface area contributed by atoms with E-state index >= 15 is 0 Å². The van der Waals surface area contributed by atoms with E-state index < -0.39 is 0 Å². The Morgan fingerprint density at radius 2 is 1.50 bits per heavy atom. The zero-order valence-corrected chi connectivity index (χ0v) is 5.18. The van der Waals surface area contributed by atoms with Crippen LogP contribution < -0.4 is 0 Å². The molecule has 0 aliphatic rings. The van der Waals surface area contributed by atoms with E-state index in [2.05, 4.69) is 8.80 Å². The molecule has 4 nitrogen and oxygen atoms in total. The van der Waals surface area contributed by atoms with Crippen molar-refractivity contribution in [3.63, 3.8) is 0 Å². The number of nitrogens with zero attached hydrogens (tertiary/aromatic N) is 2. The van der Waals surface area contributed by atoms with Crippen LogP contribution in [0.5, 0.6) is 0 Å². The van der Waals surface area contributed by atoms with Crippen molar-refractivity contribution in [2.24, 2.45) is 8.80 Å². The topological polar surface area (TPSA) is 58.9 Å². The second kappa shape index (κ2) is 9.80. The quantitative estimate of drug-likeness (QED) is 0.264. The van der Waals surface area contributed by atoms with E-state index in [9.17, 15) is 9.59 Å². The molecule has 0 saturated carbocycles. The summed E-state index contributed by atoms with van der Waals surface area (Å²) in [5.74, 6) is 0. The molecule has 0 atom stereocenters. The van der Waals surface area contributed by atoms with Gasteiger partial charge in [0, 0.05) is 0 Å². The largest absolute Gasteiger partial charge is 1.00 e. The van der Waals surface area contributed by atoms with Crippen LogP contribution >= 0.6 is 12.1 Å². The van der Waals surface area contributed by atoms with E-state index in [1.165, 1.54) is 12.2 Å². The fraction of sp³-hybridized carbons (Fsp3) is 0. The molecule has 8 heavy (non-hydrogen) atoms. The van der Waals surface area contributed by atoms with E-state index in [0.717, 1.165) is 0 Å². The van der Waals surface area contributed by atoms with Gasteiger partial charge in [-0.05, 0) is 0 Å². The molecule has 6 heteroatoms. The van der Waals surface area contributed by atoms with Gasteiger partial charge in [0.1, 0.15) is 12.1 Å². The first-order valence-electron chi connectivity index (χ1n) is 1.22. The van der Waals surface area contributed by atoms with Gasteiger partial charge in [0.15, 0.2) is 0 Å². The van der Waals surface area contributed by atoms with Crippen LogP contribution in [0, 0.1) is 0 Å². The molecule has 46 valence electrons. The van der Waals surface area contributed by atoms with Crippen molar-refractivity contribution in [3.8, 4) is 0 Å². The third kappa shape index (κ3) is 9.16. The van der Waals surface area contributed by atoms with Gasteiger partial charge in [0.05, 0.1) is 0 Å². The Bertz CT molecular complexity index is 121. The number of carbonyl (C=O) groups excluding carboxylic acids is 2. The van der Waals surface area contributed by atoms with Gasteiger partial charge >= 0.3 is 17.1 Å². The van der Waals surface area contributed by atoms with Crippen LogP contribution in [0.15, 0.2) is 8.80 Å². The van der Waals surface area contributed by atoms with E-state index in [-0.39, 0.29) is 17.1 Å². The van der Waals surface area contributed by atoms with Gasteiger partial charge < -0.3 is 0 Å². The Labute approximate surface area is 60.2 Å². The van der Waals surface area contributed by atoms with Crippen molar-refractivity contribution in [1.29, 1.82) is 0 Å². The predicted molar refractivity (Wildman–Crippen MR) is 23.8 cm³/mol. The monoisotopic (exact) mass is 179 g/mol. The Hall–Kier alpha value is -0.371. The molecule has 0 aromatic rings. The van der Waals surface area contributed by atoms with Gasteiger partial charge in [0.2, 0.25) is 12.2 Å². The van der Waals surface area contributed by atoms with Crippen molar-refractivity contribution in [3.05, 3.63) is 0 Å². The van der Waals surface area contributed by atoms with Gasteiger partial charge in [-0.25, -0.2) is 9.59 Å². The normalized spacial score (nSPS) is 5.00. The molecule has 0 amide bonds. The standard InChI is InChI=1S/C2N2O2S.Cu/c5-1-3-7-4-2-6;/q;+1. The third-order valence-corrected chi connectivity index (χ3v) is 0.469. The summed E-state index contributed by atoms with van der Waals surface area (Å²) in [5.41, 5.74) is 0. The Morgan fingerprint density at radius 3 is 1.75 bits per heavy atom. The minimum Gasteiger partial charge on any atom is -0.210 e. The molecule has 0 fully saturated rings. The molecule has 0 bridgehead atoms. The molecular weight excluding hydrogens is 180 g/mol. The zero-order valence-electron chi connectivity index (χ0n) is 3.42. The molecule has 0 aliphatic carbocycles. The van der Waals surface area contributed by atoms with Crippen LogP contribution in [-0.4, -0.2) is 12.2 Å². The molecule has 0 unspecified atom stereocenters. The maximum absolute atomic E-state index is 9.18. The molecule has 0 aliphatic heterocycles. The van der Waals surface area contributed by atoms with Gasteiger partial charge in [0.25, 0.3) is 0 Å². The summed E-state index contributed by atoms with van der Waals surface area (Å²) in [6.07, 6.45) is 2.34. The molecule has 0 radical (unpaired) electrons. The second-order valence-corrected chi connectivity index (χ2v) is 0.975. The van der Waals surface area contributed by atoms with Crippen molar-refractivity contribution in [2.45, 2.75) is 0 Å². The minimum atomic E-state index is 0. The average molecular weight is 180 g/mol. The first-order chi connectivity index (χ1) is 3.41. The summed E-state index contributed by atoms with van der Waals surface area (Å²) >= 11 is 0.456. The predicted octanol–water partition coefficient (Wildman–Crippen LogP) is 0.219. The third-order valence-electron chi connectivity index (χ3n) is 0.156. The number of rotatable bonds is 2. The summed E-state index contributed by atoms with van der Waals surface area (Å²) in [4.78, 5) is 18.4. The molecule has 0 N–H and O–H groups in total. The van der Waals surface area contributed by atoms with E-state index in [1.54, 1.807) is 0 Å². The molecule has 0 rings (SSSR count). The smallest absolute Gasteiger partial charge is 0.210 e. The maximum atomic E-state index is 9.18. The molecule has 0 aromatic heterocycles. The Morgan fingerprint density at radius 1 is 1.12 bits per heavy atom. The van der Waals surface area contributed by atoms with Gasteiger partial charge in [-0.15, -0.1) is 8.80 Å². The summed E-state index contributed by atoms with van der Waals surface area (Å²) in [6.45, 7) is 0. The molecule has 0 aromatic carbocycles. The molecular formula is C2CuN2O2S+. The first-order valence-corrected chi connectivity index (χ1v) is 1.95. The summed E-state index contributed by atoms with van der Waals surface area (Å²) in [5, 5.41) is 0. The summed E-state index contributed by atoms with van der Waals surface area (Å²) < 4.78 is 5.69. The van der Waals surface area contributed by atoms with Crippen molar-refractivity contribution in [2.75, 3.05) is 0 Å². The molecule has 0 spiro atoms. The van der Waals surface area contributed by atoms with Gasteiger partial charge in [-0.3, -0.25) is 0 Å². The van der Waals surface area contributed by atoms with Crippen LogP contribution in [0.2, 0.25) is 0 Å². The molecule has 0 heterocycles. The number of hydrogen-bond donors (Lipinski definition) is 0. The second-order valence-electron chi connectivity index (χ2n) is 0.447. The fourth-order valence-electron chi connectivity index (χ4n) is 0.0537. The summed E-state index contributed by atoms with van der Waals surface area (Å²) in [7, 11) is 0. The number of hydrogen-bond acceptors (Lipinski definition) is 5. The van der Waals surface area contributed by atoms with Crippen LogP contribution in [0.25, 0.3) is 0 Å². The van der Waals surface area contributed by atoms with Crippen molar-refractivity contribution in [1.82, 2.24) is 0 Å². The van der Waals surface area contributed by atoms with Crippen LogP contribution in [0.3, 0.4) is 0 Å². The average Bonchev–Trinajstić information content (AvgIpc) is 1.69. The van der Waals surface area contributed by atoms with Gasteiger partial charge in [-0.1, -0.05) is 0 Å². The zero-order chi connectivity index (χ0) is 5.54. The van der Waals surface area contributed by atoms with E-state index in [4.69, 9.17) is 0 Å². The fourth-order valence-corrected chi connectivity index (χ4v) is 0.161. The van der Waals surface area contributed by atoms with E-state index in [0.29, 0.717) is 12.1 Å². The van der Waals surface area contributed by atoms with Crippen LogP contribution in [0.4, 0.5) is 0 Å². The SMILES string of the molecule is O=C=NSN=C=O.[Cu+]. The Balaban J connectivity index is 0. The first kappa shape index (κ1) is 10.6. The Kier molecular flexibility index (Phi) is 13.0. The summed E-state index contributed by atoms with van der Waals surface area (Å²) in [6, 6.07) is 0. The molecule has 0 saturated heterocycles. The maximum Gasteiger partial charge on any atom is 1.00 e. The van der Waals surface area contributed by atoms with Crippen LogP contribution in [-0.2, 0) is 26.7 Å². The van der Waals surface area contributed by atoms with Crippen LogP contribution in [0.1, 0.15) is 0 Å². The van der Waals surface area contributed by atoms with Crippen molar-refractivity contribution < 1.29 is 26.7 Å². The van der Waals surface area contributed by atoms with Gasteiger partial charge in [-0.2, -0.15) is 0 Å².